The van der Waals surface area contributed by atoms with E-state index in [1.807, 2.05) is 13.8 Å². The summed E-state index contributed by atoms with van der Waals surface area (Å²) in [5, 5.41) is 5.40. The first kappa shape index (κ1) is 19.2. The average Bonchev–Trinajstić information content (AvgIpc) is 2.80. The van der Waals surface area contributed by atoms with Gasteiger partial charge in [0.2, 0.25) is 0 Å². The van der Waals surface area contributed by atoms with Crippen molar-refractivity contribution in [3.05, 3.63) is 0 Å². The molecular formula is C17H27N3O5. The molecule has 8 nitrogen and oxygen atoms in total. The Labute approximate surface area is 147 Å². The van der Waals surface area contributed by atoms with Crippen molar-refractivity contribution >= 4 is 23.8 Å². The first-order chi connectivity index (χ1) is 11.8. The van der Waals surface area contributed by atoms with E-state index in [1.165, 1.54) is 6.92 Å². The van der Waals surface area contributed by atoms with Crippen LogP contribution in [0.3, 0.4) is 0 Å². The summed E-state index contributed by atoms with van der Waals surface area (Å²) in [6, 6.07) is -0.571. The Morgan fingerprint density at radius 2 is 2.12 bits per heavy atom. The quantitative estimate of drug-likeness (QED) is 0.546. The molecule has 0 radical (unpaired) electrons. The zero-order valence-electron chi connectivity index (χ0n) is 15.1. The summed E-state index contributed by atoms with van der Waals surface area (Å²) in [6.07, 6.45) is 3.14. The molecule has 1 saturated heterocycles. The second-order valence-corrected chi connectivity index (χ2v) is 6.86. The minimum absolute atomic E-state index is 0.0254. The maximum absolute atomic E-state index is 12.8. The SMILES string of the molecule is CCCNC(=O)[C@H](C)OC(=O)CN1C(=O)N[C@]2(CCCC[C@@H]2C)C1=O. The van der Waals surface area contributed by atoms with E-state index in [-0.39, 0.29) is 11.8 Å². The third kappa shape index (κ3) is 3.93. The highest BCUT2D eigenvalue weighted by Gasteiger charge is 2.55. The Hall–Kier alpha value is -2.12. The number of urea groups is 1. The second kappa shape index (κ2) is 7.84. The van der Waals surface area contributed by atoms with E-state index in [0.717, 1.165) is 30.6 Å². The highest BCUT2D eigenvalue weighted by atomic mass is 16.5. The number of nitrogens with one attached hydrogen (secondary N) is 2. The van der Waals surface area contributed by atoms with E-state index < -0.39 is 36.1 Å². The van der Waals surface area contributed by atoms with Crippen molar-refractivity contribution in [1.29, 1.82) is 0 Å². The number of ether oxygens (including phenoxy) is 1. The number of amides is 4. The minimum atomic E-state index is -0.970. The first-order valence-corrected chi connectivity index (χ1v) is 8.93. The van der Waals surface area contributed by atoms with Gasteiger partial charge in [0, 0.05) is 6.54 Å². The smallest absolute Gasteiger partial charge is 0.327 e. The fourth-order valence-electron chi connectivity index (χ4n) is 3.45. The van der Waals surface area contributed by atoms with Crippen LogP contribution >= 0.6 is 0 Å². The molecule has 140 valence electrons. The standard InChI is InChI=1S/C17H27N3O5/c1-4-9-18-14(22)12(3)25-13(21)10-20-15(23)17(19-16(20)24)8-6-5-7-11(17)2/h11-12H,4-10H2,1-3H3,(H,18,22)(H,19,24)/t11-,12-,17-/m0/s1. The van der Waals surface area contributed by atoms with E-state index in [0.29, 0.717) is 13.0 Å². The Kier molecular flexibility index (Phi) is 6.02. The summed E-state index contributed by atoms with van der Waals surface area (Å²) in [5.41, 5.74) is -0.903. The minimum Gasteiger partial charge on any atom is -0.451 e. The molecule has 2 rings (SSSR count). The lowest BCUT2D eigenvalue weighted by atomic mass is 9.73. The summed E-state index contributed by atoms with van der Waals surface area (Å²) >= 11 is 0. The lowest BCUT2D eigenvalue weighted by Gasteiger charge is -2.36. The average molecular weight is 353 g/mol. The number of esters is 1. The van der Waals surface area contributed by atoms with Crippen LogP contribution in [0.1, 0.15) is 52.9 Å². The predicted molar refractivity (Wildman–Crippen MR) is 89.5 cm³/mol. The van der Waals surface area contributed by atoms with Crippen LogP contribution in [0.4, 0.5) is 4.79 Å². The lowest BCUT2D eigenvalue weighted by molar-refractivity contribution is -0.157. The van der Waals surface area contributed by atoms with Crippen LogP contribution in [-0.4, -0.2) is 53.4 Å². The molecule has 0 aromatic heterocycles. The Morgan fingerprint density at radius 3 is 2.76 bits per heavy atom. The molecule has 2 N–H and O–H groups in total. The zero-order valence-corrected chi connectivity index (χ0v) is 15.1. The van der Waals surface area contributed by atoms with Gasteiger partial charge >= 0.3 is 12.0 Å². The fraction of sp³-hybridized carbons (Fsp3) is 0.765. The monoisotopic (exact) mass is 353 g/mol. The van der Waals surface area contributed by atoms with Crippen molar-refractivity contribution in [3.8, 4) is 0 Å². The Balaban J connectivity index is 1.95. The molecule has 8 heteroatoms. The van der Waals surface area contributed by atoms with Gasteiger partial charge in [-0.05, 0) is 32.1 Å². The molecule has 1 heterocycles. The molecule has 2 fully saturated rings. The van der Waals surface area contributed by atoms with Crippen LogP contribution in [-0.2, 0) is 19.1 Å². The second-order valence-electron chi connectivity index (χ2n) is 6.86. The summed E-state index contributed by atoms with van der Waals surface area (Å²) in [4.78, 5) is 49.7. The maximum atomic E-state index is 12.8. The highest BCUT2D eigenvalue weighted by molar-refractivity contribution is 6.09. The van der Waals surface area contributed by atoms with Crippen molar-refractivity contribution < 1.29 is 23.9 Å². The molecule has 0 unspecified atom stereocenters. The van der Waals surface area contributed by atoms with E-state index in [1.54, 1.807) is 0 Å². The van der Waals surface area contributed by atoms with E-state index in [4.69, 9.17) is 4.74 Å². The molecule has 3 atom stereocenters. The van der Waals surface area contributed by atoms with Crippen LogP contribution in [0, 0.1) is 5.92 Å². The summed E-state index contributed by atoms with van der Waals surface area (Å²) in [7, 11) is 0. The molecule has 1 aliphatic carbocycles. The third-order valence-electron chi connectivity index (χ3n) is 5.02. The van der Waals surface area contributed by atoms with Crippen molar-refractivity contribution in [1.82, 2.24) is 15.5 Å². The summed E-state index contributed by atoms with van der Waals surface area (Å²) in [5.74, 6) is -1.52. The zero-order chi connectivity index (χ0) is 18.6. The highest BCUT2D eigenvalue weighted by Crippen LogP contribution is 2.38. The number of rotatable bonds is 6. The van der Waals surface area contributed by atoms with E-state index in [2.05, 4.69) is 10.6 Å². The van der Waals surface area contributed by atoms with Gasteiger partial charge in [-0.1, -0.05) is 26.7 Å². The largest absolute Gasteiger partial charge is 0.451 e. The normalized spacial score (nSPS) is 27.2. The van der Waals surface area contributed by atoms with Gasteiger partial charge in [-0.15, -0.1) is 0 Å². The number of hydrogen-bond donors (Lipinski definition) is 2. The van der Waals surface area contributed by atoms with Crippen LogP contribution < -0.4 is 10.6 Å². The molecule has 1 spiro atoms. The van der Waals surface area contributed by atoms with Gasteiger partial charge in [-0.25, -0.2) is 4.79 Å². The number of hydrogen-bond acceptors (Lipinski definition) is 5. The molecule has 0 bridgehead atoms. The summed E-state index contributed by atoms with van der Waals surface area (Å²) in [6.45, 7) is 5.33. The topological polar surface area (TPSA) is 105 Å². The number of nitrogens with zero attached hydrogens (tertiary/aromatic N) is 1. The van der Waals surface area contributed by atoms with E-state index >= 15 is 0 Å². The Morgan fingerprint density at radius 1 is 1.40 bits per heavy atom. The van der Waals surface area contributed by atoms with Gasteiger partial charge in [0.05, 0.1) is 0 Å². The molecule has 0 aromatic carbocycles. The van der Waals surface area contributed by atoms with Gasteiger partial charge in [0.1, 0.15) is 12.1 Å². The van der Waals surface area contributed by atoms with Crippen LogP contribution in [0.15, 0.2) is 0 Å². The predicted octanol–water partition coefficient (Wildman–Crippen LogP) is 0.945. The Bertz CT molecular complexity index is 564. The number of carbonyl (C=O) groups excluding carboxylic acids is 4. The molecule has 25 heavy (non-hydrogen) atoms. The van der Waals surface area contributed by atoms with Crippen molar-refractivity contribution in [2.45, 2.75) is 64.5 Å². The maximum Gasteiger partial charge on any atom is 0.327 e. The van der Waals surface area contributed by atoms with Gasteiger partial charge in [0.15, 0.2) is 6.10 Å². The van der Waals surface area contributed by atoms with Crippen molar-refractivity contribution in [2.75, 3.05) is 13.1 Å². The third-order valence-corrected chi connectivity index (χ3v) is 5.02. The number of carbonyl (C=O) groups is 4. The molecule has 4 amide bonds. The van der Waals surface area contributed by atoms with Gasteiger partial charge < -0.3 is 15.4 Å². The van der Waals surface area contributed by atoms with E-state index in [9.17, 15) is 19.2 Å². The van der Waals surface area contributed by atoms with Crippen LogP contribution in [0.2, 0.25) is 0 Å². The first-order valence-electron chi connectivity index (χ1n) is 8.93. The van der Waals surface area contributed by atoms with Gasteiger partial charge in [-0.3, -0.25) is 19.3 Å². The number of imide groups is 1. The molecule has 0 aromatic rings. The lowest BCUT2D eigenvalue weighted by Crippen LogP contribution is -2.54. The van der Waals surface area contributed by atoms with Gasteiger partial charge in [-0.2, -0.15) is 0 Å². The summed E-state index contributed by atoms with van der Waals surface area (Å²) < 4.78 is 5.05. The molecular weight excluding hydrogens is 326 g/mol. The van der Waals surface area contributed by atoms with Crippen LogP contribution in [0.5, 0.6) is 0 Å². The van der Waals surface area contributed by atoms with Crippen LogP contribution in [0.25, 0.3) is 0 Å². The molecule has 1 aliphatic heterocycles. The molecule has 2 aliphatic rings. The van der Waals surface area contributed by atoms with Crippen molar-refractivity contribution in [2.24, 2.45) is 5.92 Å². The van der Waals surface area contributed by atoms with Crippen molar-refractivity contribution in [3.63, 3.8) is 0 Å². The molecule has 1 saturated carbocycles. The van der Waals surface area contributed by atoms with Gasteiger partial charge in [0.25, 0.3) is 11.8 Å². The fourth-order valence-corrected chi connectivity index (χ4v) is 3.45.